The number of piperidine rings is 1. The minimum Gasteiger partial charge on any atom is -1.00 e. The number of quaternary nitrogens is 1. The number of likely N-dealkylation sites (N-methyl/N-ethyl adjacent to an activating group) is 1. The average molecular weight is 441 g/mol. The largest absolute Gasteiger partial charge is 1.00 e. The summed E-state index contributed by atoms with van der Waals surface area (Å²) >= 11 is 0. The van der Waals surface area contributed by atoms with Crippen LogP contribution in [-0.2, 0) is 4.74 Å². The number of ether oxygens (including phenoxy) is 1. The third kappa shape index (κ3) is 2.97. The van der Waals surface area contributed by atoms with Crippen molar-refractivity contribution in [1.29, 1.82) is 0 Å². The standard InChI is InChI=1S/C23H24N2O2.BrH/c1-25(2)15-11-12-16(25)14-17(13-15)27-23(26)24-22-20-9-5-3-7-18(20)19-8-4-6-10-21(19)22;/h3-12,15-17,22H,13-14H2,1-2H3;1H. The van der Waals surface area contributed by atoms with Crippen molar-refractivity contribution >= 4 is 6.09 Å². The second-order valence-corrected chi connectivity index (χ2v) is 8.40. The minimum atomic E-state index is -0.317. The summed E-state index contributed by atoms with van der Waals surface area (Å²) in [5.41, 5.74) is 4.66. The Hall–Kier alpha value is -2.11. The van der Waals surface area contributed by atoms with Gasteiger partial charge in [-0.1, -0.05) is 48.5 Å². The molecule has 0 aromatic heterocycles. The highest BCUT2D eigenvalue weighted by molar-refractivity contribution is 5.81. The SMILES string of the molecule is C[N+]1(C)C2C=CC1CC(OC(=O)NC1c3ccccc3-c3ccccc31)C2.[Br-]. The van der Waals surface area contributed by atoms with Gasteiger partial charge in [-0.2, -0.15) is 0 Å². The van der Waals surface area contributed by atoms with E-state index in [-0.39, 0.29) is 35.2 Å². The van der Waals surface area contributed by atoms with Gasteiger partial charge in [0.2, 0.25) is 0 Å². The molecule has 2 aromatic carbocycles. The molecule has 2 atom stereocenters. The summed E-state index contributed by atoms with van der Waals surface area (Å²) < 4.78 is 6.83. The van der Waals surface area contributed by atoms with Crippen molar-refractivity contribution in [3.63, 3.8) is 0 Å². The molecule has 2 aromatic rings. The number of carbonyl (C=O) groups excluding carboxylic acids is 1. The molecular weight excluding hydrogens is 416 g/mol. The number of alkyl carbamates (subject to hydrolysis) is 1. The maximum atomic E-state index is 12.7. The van der Waals surface area contributed by atoms with Gasteiger partial charge in [0, 0.05) is 12.8 Å². The Morgan fingerprint density at radius 3 is 1.96 bits per heavy atom. The zero-order valence-electron chi connectivity index (χ0n) is 16.1. The predicted molar refractivity (Wildman–Crippen MR) is 105 cm³/mol. The molecule has 1 fully saturated rings. The van der Waals surface area contributed by atoms with E-state index in [0.29, 0.717) is 12.1 Å². The van der Waals surface area contributed by atoms with Gasteiger partial charge < -0.3 is 31.5 Å². The molecule has 4 nitrogen and oxygen atoms in total. The lowest BCUT2D eigenvalue weighted by Crippen LogP contribution is -3.00. The predicted octanol–water partition coefficient (Wildman–Crippen LogP) is 1.03. The summed E-state index contributed by atoms with van der Waals surface area (Å²) in [5.74, 6) is 0. The van der Waals surface area contributed by atoms with Crippen molar-refractivity contribution in [1.82, 2.24) is 5.32 Å². The second kappa shape index (κ2) is 7.05. The number of nitrogens with one attached hydrogen (secondary N) is 1. The van der Waals surface area contributed by atoms with Crippen molar-refractivity contribution in [2.75, 3.05) is 14.1 Å². The van der Waals surface area contributed by atoms with Crippen LogP contribution in [0.3, 0.4) is 0 Å². The number of fused-ring (bicyclic) bond motifs is 5. The van der Waals surface area contributed by atoms with Crippen molar-refractivity contribution < 1.29 is 31.0 Å². The molecule has 146 valence electrons. The van der Waals surface area contributed by atoms with E-state index in [2.05, 4.69) is 55.8 Å². The smallest absolute Gasteiger partial charge is 0.408 e. The van der Waals surface area contributed by atoms with Gasteiger partial charge in [-0.05, 0) is 34.4 Å². The number of amides is 1. The molecular formula is C23H25BrN2O2. The monoisotopic (exact) mass is 440 g/mol. The Labute approximate surface area is 176 Å². The van der Waals surface area contributed by atoms with Crippen molar-refractivity contribution in [3.05, 3.63) is 71.8 Å². The van der Waals surface area contributed by atoms with Gasteiger partial charge in [0.1, 0.15) is 18.2 Å². The number of benzene rings is 2. The number of hydrogen-bond donors (Lipinski definition) is 1. The molecule has 2 aliphatic heterocycles. The molecule has 2 bridgehead atoms. The van der Waals surface area contributed by atoms with Crippen molar-refractivity contribution in [2.45, 2.75) is 37.1 Å². The zero-order chi connectivity index (χ0) is 18.6. The van der Waals surface area contributed by atoms with Crippen LogP contribution < -0.4 is 22.3 Å². The first kappa shape index (κ1) is 19.2. The molecule has 5 heteroatoms. The van der Waals surface area contributed by atoms with E-state index < -0.39 is 0 Å². The van der Waals surface area contributed by atoms with Gasteiger partial charge in [0.25, 0.3) is 0 Å². The molecule has 2 unspecified atom stereocenters. The lowest BCUT2D eigenvalue weighted by Gasteiger charge is -2.43. The van der Waals surface area contributed by atoms with Crippen LogP contribution in [0.25, 0.3) is 11.1 Å². The average Bonchev–Trinajstić information content (AvgIpc) is 2.99. The van der Waals surface area contributed by atoms with Gasteiger partial charge in [-0.15, -0.1) is 0 Å². The highest BCUT2D eigenvalue weighted by Gasteiger charge is 2.46. The second-order valence-electron chi connectivity index (χ2n) is 8.40. The number of halogens is 1. The van der Waals surface area contributed by atoms with E-state index in [1.807, 2.05) is 24.3 Å². The first-order valence-corrected chi connectivity index (χ1v) is 9.71. The minimum absolute atomic E-state index is 0. The Bertz CT molecular complexity index is 876. The molecule has 5 rings (SSSR count). The summed E-state index contributed by atoms with van der Waals surface area (Å²) in [7, 11) is 4.52. The van der Waals surface area contributed by atoms with Gasteiger partial charge >= 0.3 is 6.09 Å². The van der Waals surface area contributed by atoms with Crippen LogP contribution in [0.1, 0.15) is 30.0 Å². The Kier molecular flexibility index (Phi) is 4.84. The molecule has 2 heterocycles. The third-order valence-electron chi connectivity index (χ3n) is 6.64. The fourth-order valence-corrected chi connectivity index (χ4v) is 4.99. The van der Waals surface area contributed by atoms with E-state index in [0.717, 1.165) is 28.5 Å². The van der Waals surface area contributed by atoms with Crippen LogP contribution in [0, 0.1) is 0 Å². The highest BCUT2D eigenvalue weighted by atomic mass is 79.9. The normalized spacial score (nSPS) is 26.1. The van der Waals surface area contributed by atoms with E-state index in [1.54, 1.807) is 0 Å². The molecule has 0 saturated carbocycles. The first-order chi connectivity index (χ1) is 13.0. The van der Waals surface area contributed by atoms with Crippen LogP contribution in [0.15, 0.2) is 60.7 Å². The van der Waals surface area contributed by atoms with Crippen LogP contribution >= 0.6 is 0 Å². The highest BCUT2D eigenvalue weighted by Crippen LogP contribution is 2.43. The molecule has 1 saturated heterocycles. The summed E-state index contributed by atoms with van der Waals surface area (Å²) in [6, 6.07) is 17.3. The molecule has 1 aliphatic carbocycles. The lowest BCUT2D eigenvalue weighted by atomic mass is 9.97. The first-order valence-electron chi connectivity index (χ1n) is 9.71. The number of carbonyl (C=O) groups is 1. The quantitative estimate of drug-likeness (QED) is 0.559. The molecule has 1 amide bonds. The van der Waals surface area contributed by atoms with Gasteiger partial charge in [0.05, 0.1) is 20.1 Å². The molecule has 1 N–H and O–H groups in total. The number of nitrogens with zero attached hydrogens (tertiary/aromatic N) is 1. The van der Waals surface area contributed by atoms with Crippen LogP contribution in [-0.4, -0.2) is 42.9 Å². The molecule has 28 heavy (non-hydrogen) atoms. The van der Waals surface area contributed by atoms with Crippen LogP contribution in [0.2, 0.25) is 0 Å². The molecule has 3 aliphatic rings. The van der Waals surface area contributed by atoms with E-state index in [4.69, 9.17) is 4.74 Å². The van der Waals surface area contributed by atoms with Gasteiger partial charge in [0.15, 0.2) is 0 Å². The lowest BCUT2D eigenvalue weighted by molar-refractivity contribution is -0.926. The van der Waals surface area contributed by atoms with E-state index in [1.165, 1.54) is 11.1 Å². The molecule has 0 radical (unpaired) electrons. The van der Waals surface area contributed by atoms with Crippen molar-refractivity contribution in [3.8, 4) is 11.1 Å². The topological polar surface area (TPSA) is 38.3 Å². The fourth-order valence-electron chi connectivity index (χ4n) is 4.99. The maximum Gasteiger partial charge on any atom is 0.408 e. The zero-order valence-corrected chi connectivity index (χ0v) is 17.7. The van der Waals surface area contributed by atoms with E-state index in [9.17, 15) is 4.79 Å². The van der Waals surface area contributed by atoms with Crippen LogP contribution in [0.5, 0.6) is 0 Å². The summed E-state index contributed by atoms with van der Waals surface area (Å²) in [6.07, 6.45) is 6.03. The third-order valence-corrected chi connectivity index (χ3v) is 6.64. The van der Waals surface area contributed by atoms with Crippen LogP contribution in [0.4, 0.5) is 4.79 Å². The Balaban J connectivity index is 0.00000192. The number of hydrogen-bond acceptors (Lipinski definition) is 2. The summed E-state index contributed by atoms with van der Waals surface area (Å²) in [4.78, 5) is 12.7. The molecule has 0 spiro atoms. The Morgan fingerprint density at radius 2 is 1.43 bits per heavy atom. The van der Waals surface area contributed by atoms with Crippen molar-refractivity contribution in [2.24, 2.45) is 0 Å². The number of rotatable bonds is 2. The summed E-state index contributed by atoms with van der Waals surface area (Å²) in [6.45, 7) is 0. The van der Waals surface area contributed by atoms with Gasteiger partial charge in [-0.3, -0.25) is 0 Å². The van der Waals surface area contributed by atoms with E-state index >= 15 is 0 Å². The maximum absolute atomic E-state index is 12.7. The van der Waals surface area contributed by atoms with Gasteiger partial charge in [-0.25, -0.2) is 4.79 Å². The Morgan fingerprint density at radius 1 is 0.929 bits per heavy atom. The summed E-state index contributed by atoms with van der Waals surface area (Å²) in [5, 5.41) is 3.12. The fraction of sp³-hybridized carbons (Fsp3) is 0.348.